The Morgan fingerprint density at radius 1 is 1.18 bits per heavy atom. The van der Waals surface area contributed by atoms with Gasteiger partial charge in [0.2, 0.25) is 5.91 Å². The predicted octanol–water partition coefficient (Wildman–Crippen LogP) is 4.37. The second-order valence-corrected chi connectivity index (χ2v) is 8.52. The van der Waals surface area contributed by atoms with E-state index in [9.17, 15) is 13.6 Å². The van der Waals surface area contributed by atoms with Crippen molar-refractivity contribution in [2.45, 2.75) is 32.1 Å². The van der Waals surface area contributed by atoms with Gasteiger partial charge in [0.1, 0.15) is 11.6 Å². The summed E-state index contributed by atoms with van der Waals surface area (Å²) < 4.78 is 33.8. The van der Waals surface area contributed by atoms with Gasteiger partial charge in [-0.25, -0.2) is 8.78 Å². The van der Waals surface area contributed by atoms with Crippen LogP contribution in [0.1, 0.15) is 42.4 Å². The average Bonchev–Trinajstić information content (AvgIpc) is 3.25. The molecule has 0 radical (unpaired) electrons. The van der Waals surface area contributed by atoms with Crippen LogP contribution in [0.2, 0.25) is 0 Å². The van der Waals surface area contributed by atoms with Crippen LogP contribution < -0.4 is 5.32 Å². The summed E-state index contributed by atoms with van der Waals surface area (Å²) in [5.74, 6) is -1.94. The van der Waals surface area contributed by atoms with Crippen molar-refractivity contribution in [1.29, 1.82) is 0 Å². The molecule has 1 aromatic heterocycles. The highest BCUT2D eigenvalue weighted by Gasteiger charge is 2.25. The van der Waals surface area contributed by atoms with Gasteiger partial charge in [-0.05, 0) is 42.1 Å². The van der Waals surface area contributed by atoms with Crippen molar-refractivity contribution < 1.29 is 18.3 Å². The van der Waals surface area contributed by atoms with Crippen LogP contribution in [-0.2, 0) is 16.0 Å². The Kier molecular flexibility index (Phi) is 7.73. The van der Waals surface area contributed by atoms with Crippen LogP contribution in [0, 0.1) is 11.6 Å². The normalized spacial score (nSPS) is 15.6. The first-order valence-corrected chi connectivity index (χ1v) is 11.7. The molecule has 4 rings (SSSR count). The van der Waals surface area contributed by atoms with Gasteiger partial charge >= 0.3 is 0 Å². The number of fused-ring (bicyclic) bond motifs is 1. The number of carbonyl (C=O) groups excluding carboxylic acids is 1. The molecule has 2 N–H and O–H groups in total. The van der Waals surface area contributed by atoms with Gasteiger partial charge in [-0.3, -0.25) is 9.69 Å². The highest BCUT2D eigenvalue weighted by molar-refractivity contribution is 5.88. The van der Waals surface area contributed by atoms with Crippen molar-refractivity contribution in [2.24, 2.45) is 0 Å². The van der Waals surface area contributed by atoms with E-state index in [1.165, 1.54) is 12.1 Å². The van der Waals surface area contributed by atoms with Crippen LogP contribution in [0.15, 0.2) is 42.6 Å². The molecule has 176 valence electrons. The number of nitrogens with one attached hydrogen (secondary N) is 2. The lowest BCUT2D eigenvalue weighted by Crippen LogP contribution is -2.38. The highest BCUT2D eigenvalue weighted by Crippen LogP contribution is 2.36. The first-order chi connectivity index (χ1) is 16.1. The zero-order chi connectivity index (χ0) is 23.2. The monoisotopic (exact) mass is 455 g/mol. The number of amides is 1. The molecule has 2 heterocycles. The molecule has 1 unspecified atom stereocenters. The number of halogens is 2. The van der Waals surface area contributed by atoms with E-state index in [-0.39, 0.29) is 12.3 Å². The first kappa shape index (κ1) is 23.4. The quantitative estimate of drug-likeness (QED) is 0.471. The fourth-order valence-corrected chi connectivity index (χ4v) is 4.61. The average molecular weight is 456 g/mol. The highest BCUT2D eigenvalue weighted by atomic mass is 19.1. The summed E-state index contributed by atoms with van der Waals surface area (Å²) in [5, 5.41) is 3.94. The number of ether oxygens (including phenoxy) is 1. The molecule has 5 nitrogen and oxygen atoms in total. The molecule has 3 aromatic rings. The number of benzene rings is 2. The maximum absolute atomic E-state index is 14.8. The lowest BCUT2D eigenvalue weighted by atomic mass is 9.87. The van der Waals surface area contributed by atoms with Gasteiger partial charge in [-0.1, -0.05) is 31.2 Å². The Hall–Kier alpha value is -2.77. The molecule has 1 atom stereocenters. The van der Waals surface area contributed by atoms with Crippen LogP contribution in [-0.4, -0.2) is 55.2 Å². The zero-order valence-corrected chi connectivity index (χ0v) is 19.0. The molecule has 1 aliphatic rings. The SMILES string of the molecule is CCc1cccc2c(C(CC(=O)NCCCN3CCOCC3)c3ccc(F)cc3F)c[nH]c12. The number of para-hydroxylation sites is 1. The Labute approximate surface area is 193 Å². The molecule has 33 heavy (non-hydrogen) atoms. The van der Waals surface area contributed by atoms with Gasteiger partial charge in [-0.2, -0.15) is 0 Å². The number of H-pyrrole nitrogens is 1. The van der Waals surface area contributed by atoms with Crippen LogP contribution >= 0.6 is 0 Å². The van der Waals surface area contributed by atoms with Crippen LogP contribution in [0.3, 0.4) is 0 Å². The number of hydrogen-bond donors (Lipinski definition) is 2. The van der Waals surface area contributed by atoms with E-state index < -0.39 is 17.6 Å². The van der Waals surface area contributed by atoms with Crippen molar-refractivity contribution in [3.63, 3.8) is 0 Å². The molecule has 2 aromatic carbocycles. The van der Waals surface area contributed by atoms with E-state index in [0.717, 1.165) is 73.8 Å². The molecule has 0 bridgehead atoms. The third-order valence-corrected chi connectivity index (χ3v) is 6.39. The lowest BCUT2D eigenvalue weighted by molar-refractivity contribution is -0.121. The van der Waals surface area contributed by atoms with E-state index in [4.69, 9.17) is 4.74 Å². The fraction of sp³-hybridized carbons (Fsp3) is 0.423. The number of hydrogen-bond acceptors (Lipinski definition) is 3. The number of aromatic amines is 1. The molecular weight excluding hydrogens is 424 g/mol. The summed E-state index contributed by atoms with van der Waals surface area (Å²) in [4.78, 5) is 18.5. The van der Waals surface area contributed by atoms with Gasteiger partial charge in [-0.15, -0.1) is 0 Å². The molecule has 0 aliphatic carbocycles. The second-order valence-electron chi connectivity index (χ2n) is 8.52. The van der Waals surface area contributed by atoms with E-state index >= 15 is 0 Å². The second kappa shape index (κ2) is 10.9. The zero-order valence-electron chi connectivity index (χ0n) is 19.0. The maximum Gasteiger partial charge on any atom is 0.220 e. The number of carbonyl (C=O) groups is 1. The summed E-state index contributed by atoms with van der Waals surface area (Å²) in [5.41, 5.74) is 3.31. The summed E-state index contributed by atoms with van der Waals surface area (Å²) in [7, 11) is 0. The van der Waals surface area contributed by atoms with Crippen LogP contribution in [0.4, 0.5) is 8.78 Å². The molecule has 1 amide bonds. The summed E-state index contributed by atoms with van der Waals surface area (Å²) in [6, 6.07) is 9.59. The van der Waals surface area contributed by atoms with Crippen molar-refractivity contribution in [3.05, 3.63) is 70.9 Å². The largest absolute Gasteiger partial charge is 0.379 e. The van der Waals surface area contributed by atoms with Crippen molar-refractivity contribution in [2.75, 3.05) is 39.4 Å². The van der Waals surface area contributed by atoms with Gasteiger partial charge in [0.05, 0.1) is 13.2 Å². The number of aromatic nitrogens is 1. The van der Waals surface area contributed by atoms with Gasteiger partial charge in [0.15, 0.2) is 0 Å². The minimum atomic E-state index is -0.638. The molecule has 0 spiro atoms. The predicted molar refractivity (Wildman–Crippen MR) is 125 cm³/mol. The lowest BCUT2D eigenvalue weighted by Gasteiger charge is -2.26. The van der Waals surface area contributed by atoms with E-state index in [1.54, 1.807) is 0 Å². The number of nitrogens with zero attached hydrogens (tertiary/aromatic N) is 1. The van der Waals surface area contributed by atoms with Crippen molar-refractivity contribution >= 4 is 16.8 Å². The maximum atomic E-state index is 14.8. The van der Waals surface area contributed by atoms with Crippen molar-refractivity contribution in [1.82, 2.24) is 15.2 Å². The van der Waals surface area contributed by atoms with E-state index in [0.29, 0.717) is 12.1 Å². The molecular formula is C26H31F2N3O2. The van der Waals surface area contributed by atoms with E-state index in [1.807, 2.05) is 18.3 Å². The van der Waals surface area contributed by atoms with Crippen LogP contribution in [0.25, 0.3) is 10.9 Å². The third kappa shape index (κ3) is 5.60. The Bertz CT molecular complexity index is 1090. The van der Waals surface area contributed by atoms with E-state index in [2.05, 4.69) is 28.2 Å². The summed E-state index contributed by atoms with van der Waals surface area (Å²) in [6.45, 7) is 6.88. The standard InChI is InChI=1S/C26H31F2N3O2/c1-2-18-5-3-6-21-23(17-30-26(18)21)22(20-8-7-19(27)15-24(20)28)16-25(32)29-9-4-10-31-11-13-33-14-12-31/h3,5-8,15,17,22,30H,2,4,9-14,16H2,1H3,(H,29,32). The van der Waals surface area contributed by atoms with Gasteiger partial charge in [0.25, 0.3) is 0 Å². The van der Waals surface area contributed by atoms with Gasteiger partial charge in [0, 0.05) is 55.1 Å². The Balaban J connectivity index is 1.51. The molecule has 1 fully saturated rings. The number of rotatable bonds is 9. The Morgan fingerprint density at radius 2 is 2.00 bits per heavy atom. The molecule has 1 saturated heterocycles. The van der Waals surface area contributed by atoms with Gasteiger partial charge < -0.3 is 15.0 Å². The Morgan fingerprint density at radius 3 is 2.76 bits per heavy atom. The summed E-state index contributed by atoms with van der Waals surface area (Å²) >= 11 is 0. The fourth-order valence-electron chi connectivity index (χ4n) is 4.61. The minimum Gasteiger partial charge on any atom is -0.379 e. The van der Waals surface area contributed by atoms with Crippen molar-refractivity contribution in [3.8, 4) is 0 Å². The number of morpholine rings is 1. The smallest absolute Gasteiger partial charge is 0.220 e. The molecule has 7 heteroatoms. The minimum absolute atomic E-state index is 0.0867. The molecule has 0 saturated carbocycles. The number of aryl methyl sites for hydroxylation is 1. The molecule has 1 aliphatic heterocycles. The third-order valence-electron chi connectivity index (χ3n) is 6.39. The first-order valence-electron chi connectivity index (χ1n) is 11.7. The topological polar surface area (TPSA) is 57.4 Å². The van der Waals surface area contributed by atoms with Crippen LogP contribution in [0.5, 0.6) is 0 Å². The summed E-state index contributed by atoms with van der Waals surface area (Å²) in [6.07, 6.45) is 3.64.